The van der Waals surface area contributed by atoms with E-state index in [0.29, 0.717) is 12.1 Å². The highest BCUT2D eigenvalue weighted by molar-refractivity contribution is 5.33. The number of hydrogen-bond acceptors (Lipinski definition) is 3. The predicted octanol–water partition coefficient (Wildman–Crippen LogP) is 6.67. The first-order valence-electron chi connectivity index (χ1n) is 10.5. The number of benzene rings is 3. The summed E-state index contributed by atoms with van der Waals surface area (Å²) in [7, 11) is 0. The minimum atomic E-state index is -4.92. The predicted molar refractivity (Wildman–Crippen MR) is 112 cm³/mol. The van der Waals surface area contributed by atoms with Gasteiger partial charge in [-0.2, -0.15) is 26.3 Å². The molecular weight excluding hydrogens is 460 g/mol. The van der Waals surface area contributed by atoms with Crippen LogP contribution in [0.2, 0.25) is 0 Å². The topological polar surface area (TPSA) is 30.5 Å². The quantitative estimate of drug-likeness (QED) is 0.413. The summed E-state index contributed by atoms with van der Waals surface area (Å²) in [6.07, 6.45) is -10.8. The summed E-state index contributed by atoms with van der Waals surface area (Å²) in [4.78, 5) is 0. The van der Waals surface area contributed by atoms with Crippen LogP contribution in [-0.2, 0) is 28.4 Å². The summed E-state index contributed by atoms with van der Waals surface area (Å²) in [6, 6.07) is 19.5. The number of alkyl halides is 6. The molecule has 0 aromatic heterocycles. The molecule has 9 heteroatoms. The maximum atomic E-state index is 13.2. The zero-order valence-electron chi connectivity index (χ0n) is 17.7. The van der Waals surface area contributed by atoms with Crippen LogP contribution in [0.25, 0.3) is 0 Å². The molecule has 0 spiro atoms. The van der Waals surface area contributed by atoms with Crippen molar-refractivity contribution in [3.63, 3.8) is 0 Å². The van der Waals surface area contributed by atoms with E-state index < -0.39 is 42.4 Å². The molecule has 3 nitrogen and oxygen atoms in total. The Morgan fingerprint density at radius 3 is 1.82 bits per heavy atom. The standard InChI is InChI=1S/C25H21F6NO2/c26-24(27,28)19-11-16(12-20(13-19)25(29,30)31)14-33-23-22(18-9-5-2-6-10-18)32-21(15-34-23)17-7-3-1-4-8-17/h1-13,21-23,32H,14-15H2/t21-,22+,23+/m1/s1. The molecule has 4 rings (SSSR count). The average molecular weight is 481 g/mol. The summed E-state index contributed by atoms with van der Waals surface area (Å²) in [5, 5.41) is 3.43. The Balaban J connectivity index is 1.57. The van der Waals surface area contributed by atoms with Crippen LogP contribution >= 0.6 is 0 Å². The van der Waals surface area contributed by atoms with Gasteiger partial charge in [-0.1, -0.05) is 60.7 Å². The third kappa shape index (κ3) is 5.78. The van der Waals surface area contributed by atoms with Crippen molar-refractivity contribution < 1.29 is 35.8 Å². The van der Waals surface area contributed by atoms with Crippen molar-refractivity contribution in [2.45, 2.75) is 37.3 Å². The molecule has 3 atom stereocenters. The third-order valence-corrected chi connectivity index (χ3v) is 5.50. The van der Waals surface area contributed by atoms with E-state index in [1.54, 1.807) is 0 Å². The van der Waals surface area contributed by atoms with Crippen LogP contribution in [0.3, 0.4) is 0 Å². The van der Waals surface area contributed by atoms with Crippen LogP contribution in [-0.4, -0.2) is 12.9 Å². The molecule has 34 heavy (non-hydrogen) atoms. The third-order valence-electron chi connectivity index (χ3n) is 5.50. The summed E-state index contributed by atoms with van der Waals surface area (Å²) >= 11 is 0. The first-order valence-corrected chi connectivity index (χ1v) is 10.5. The molecule has 180 valence electrons. The molecule has 3 aromatic carbocycles. The monoisotopic (exact) mass is 481 g/mol. The van der Waals surface area contributed by atoms with Crippen LogP contribution in [0.15, 0.2) is 78.9 Å². The summed E-state index contributed by atoms with van der Waals surface area (Å²) in [6.45, 7) is -0.271. The van der Waals surface area contributed by atoms with Gasteiger partial charge in [-0.25, -0.2) is 0 Å². The largest absolute Gasteiger partial charge is 0.416 e. The molecule has 0 saturated carbocycles. The van der Waals surface area contributed by atoms with E-state index in [-0.39, 0.29) is 24.3 Å². The van der Waals surface area contributed by atoms with E-state index in [0.717, 1.165) is 11.1 Å². The van der Waals surface area contributed by atoms with E-state index in [1.165, 1.54) is 0 Å². The van der Waals surface area contributed by atoms with E-state index >= 15 is 0 Å². The van der Waals surface area contributed by atoms with Crippen LogP contribution in [0.1, 0.15) is 39.9 Å². The number of ether oxygens (including phenoxy) is 2. The second-order valence-electron chi connectivity index (χ2n) is 7.95. The Morgan fingerprint density at radius 1 is 0.765 bits per heavy atom. The summed E-state index contributed by atoms with van der Waals surface area (Å²) in [5.74, 6) is 0. The minimum absolute atomic E-state index is 0.0966. The first kappa shape index (κ1) is 24.3. The van der Waals surface area contributed by atoms with Crippen molar-refractivity contribution in [1.82, 2.24) is 5.32 Å². The average Bonchev–Trinajstić information content (AvgIpc) is 2.82. The molecule has 1 fully saturated rings. The molecule has 0 unspecified atom stereocenters. The van der Waals surface area contributed by atoms with Gasteiger partial charge in [-0.15, -0.1) is 0 Å². The van der Waals surface area contributed by atoms with E-state index in [2.05, 4.69) is 5.32 Å². The van der Waals surface area contributed by atoms with Crippen molar-refractivity contribution in [3.8, 4) is 0 Å². The van der Waals surface area contributed by atoms with Gasteiger partial charge >= 0.3 is 12.4 Å². The number of nitrogens with one attached hydrogen (secondary N) is 1. The lowest BCUT2D eigenvalue weighted by atomic mass is 10.00. The lowest BCUT2D eigenvalue weighted by Gasteiger charge is -2.38. The lowest BCUT2D eigenvalue weighted by Crippen LogP contribution is -2.45. The van der Waals surface area contributed by atoms with Crippen LogP contribution < -0.4 is 5.32 Å². The Kier molecular flexibility index (Phi) is 6.97. The van der Waals surface area contributed by atoms with Gasteiger partial charge in [0.05, 0.1) is 36.4 Å². The fourth-order valence-corrected chi connectivity index (χ4v) is 3.85. The number of morpholine rings is 1. The van der Waals surface area contributed by atoms with Gasteiger partial charge in [0.2, 0.25) is 0 Å². The number of halogens is 6. The maximum absolute atomic E-state index is 13.2. The molecule has 1 heterocycles. The van der Waals surface area contributed by atoms with E-state index in [4.69, 9.17) is 9.47 Å². The second kappa shape index (κ2) is 9.77. The van der Waals surface area contributed by atoms with Gasteiger partial charge < -0.3 is 9.47 Å². The van der Waals surface area contributed by atoms with Crippen molar-refractivity contribution in [2.75, 3.05) is 6.61 Å². The van der Waals surface area contributed by atoms with Crippen molar-refractivity contribution in [2.24, 2.45) is 0 Å². The fourth-order valence-electron chi connectivity index (χ4n) is 3.85. The zero-order chi connectivity index (χ0) is 24.3. The smallest absolute Gasteiger partial charge is 0.349 e. The fraction of sp³-hybridized carbons (Fsp3) is 0.280. The maximum Gasteiger partial charge on any atom is 0.416 e. The van der Waals surface area contributed by atoms with Gasteiger partial charge in [-0.05, 0) is 34.9 Å². The van der Waals surface area contributed by atoms with Crippen LogP contribution in [0.5, 0.6) is 0 Å². The molecule has 3 aromatic rings. The molecule has 1 N–H and O–H groups in total. The van der Waals surface area contributed by atoms with Crippen LogP contribution in [0.4, 0.5) is 26.3 Å². The first-order chi connectivity index (χ1) is 16.1. The molecule has 1 aliphatic rings. The van der Waals surface area contributed by atoms with Gasteiger partial charge in [0, 0.05) is 0 Å². The molecule has 0 aliphatic carbocycles. The summed E-state index contributed by atoms with van der Waals surface area (Å²) < 4.78 is 90.7. The second-order valence-corrected chi connectivity index (χ2v) is 7.95. The summed E-state index contributed by atoms with van der Waals surface area (Å²) in [5.41, 5.74) is -1.22. The van der Waals surface area contributed by atoms with Crippen molar-refractivity contribution >= 4 is 0 Å². The zero-order valence-corrected chi connectivity index (χ0v) is 17.7. The molecular formula is C25H21F6NO2. The highest BCUT2D eigenvalue weighted by Gasteiger charge is 2.37. The Bertz CT molecular complexity index is 1050. The van der Waals surface area contributed by atoms with Crippen molar-refractivity contribution in [1.29, 1.82) is 0 Å². The Hall–Kier alpha value is -2.88. The van der Waals surface area contributed by atoms with E-state index in [1.807, 2.05) is 60.7 Å². The van der Waals surface area contributed by atoms with Gasteiger partial charge in [0.15, 0.2) is 6.29 Å². The van der Waals surface area contributed by atoms with Crippen molar-refractivity contribution in [3.05, 3.63) is 107 Å². The van der Waals surface area contributed by atoms with Gasteiger partial charge in [0.1, 0.15) is 0 Å². The van der Waals surface area contributed by atoms with E-state index in [9.17, 15) is 26.3 Å². The lowest BCUT2D eigenvalue weighted by molar-refractivity contribution is -0.194. The normalized spacial score (nSPS) is 21.4. The van der Waals surface area contributed by atoms with Crippen LogP contribution in [0, 0.1) is 0 Å². The number of hydrogen-bond donors (Lipinski definition) is 1. The Morgan fingerprint density at radius 2 is 1.29 bits per heavy atom. The number of rotatable bonds is 5. The van der Waals surface area contributed by atoms with Gasteiger partial charge in [-0.3, -0.25) is 5.32 Å². The highest BCUT2D eigenvalue weighted by Crippen LogP contribution is 2.37. The molecule has 0 bridgehead atoms. The van der Waals surface area contributed by atoms with Gasteiger partial charge in [0.25, 0.3) is 0 Å². The molecule has 1 aliphatic heterocycles. The molecule has 0 radical (unpaired) electrons. The minimum Gasteiger partial charge on any atom is -0.349 e. The SMILES string of the molecule is FC(F)(F)c1cc(CO[C@H]2OC[C@H](c3ccccc3)N[C@H]2c2ccccc2)cc(C(F)(F)F)c1. The highest BCUT2D eigenvalue weighted by atomic mass is 19.4. The Labute approximate surface area is 192 Å². The molecule has 1 saturated heterocycles. The molecule has 0 amide bonds.